The zero-order valence-electron chi connectivity index (χ0n) is 14.0. The summed E-state index contributed by atoms with van der Waals surface area (Å²) in [6, 6.07) is 13.6. The largest absolute Gasteiger partial charge is 0.461 e. The summed E-state index contributed by atoms with van der Waals surface area (Å²) in [7, 11) is 3.03. The molecule has 0 saturated heterocycles. The van der Waals surface area contributed by atoms with E-state index in [0.29, 0.717) is 23.3 Å². The van der Waals surface area contributed by atoms with E-state index in [-0.39, 0.29) is 11.7 Å². The van der Waals surface area contributed by atoms with E-state index in [1.807, 2.05) is 41.0 Å². The summed E-state index contributed by atoms with van der Waals surface area (Å²) in [6.07, 6.45) is 1.60. The van der Waals surface area contributed by atoms with Crippen molar-refractivity contribution in [3.8, 4) is 11.6 Å². The molecule has 130 valence electrons. The molecule has 0 spiro atoms. The van der Waals surface area contributed by atoms with Crippen molar-refractivity contribution in [3.05, 3.63) is 54.3 Å². The zero-order chi connectivity index (χ0) is 17.6. The molecule has 1 aromatic carbocycles. The third-order valence-corrected chi connectivity index (χ3v) is 4.54. The van der Waals surface area contributed by atoms with Gasteiger partial charge in [0.15, 0.2) is 10.9 Å². The highest BCUT2D eigenvalue weighted by Gasteiger charge is 2.18. The molecule has 0 aliphatic rings. The number of hydroxylamine groups is 2. The van der Waals surface area contributed by atoms with Gasteiger partial charge >= 0.3 is 0 Å². The van der Waals surface area contributed by atoms with Gasteiger partial charge in [0.1, 0.15) is 0 Å². The summed E-state index contributed by atoms with van der Waals surface area (Å²) in [4.78, 5) is 16.9. The van der Waals surface area contributed by atoms with Crippen molar-refractivity contribution < 1.29 is 14.0 Å². The van der Waals surface area contributed by atoms with Crippen molar-refractivity contribution in [2.24, 2.45) is 0 Å². The molecule has 25 heavy (non-hydrogen) atoms. The second kappa shape index (κ2) is 8.00. The Morgan fingerprint density at radius 1 is 1.24 bits per heavy atom. The minimum absolute atomic E-state index is 0.152. The van der Waals surface area contributed by atoms with Gasteiger partial charge in [-0.3, -0.25) is 14.2 Å². The summed E-state index contributed by atoms with van der Waals surface area (Å²) < 4.78 is 7.41. The first kappa shape index (κ1) is 17.2. The number of aromatic nitrogens is 3. The first-order chi connectivity index (χ1) is 12.2. The Labute approximate surface area is 149 Å². The molecule has 2 heterocycles. The lowest BCUT2D eigenvalue weighted by Crippen LogP contribution is -2.27. The van der Waals surface area contributed by atoms with Crippen molar-refractivity contribution in [1.29, 1.82) is 0 Å². The van der Waals surface area contributed by atoms with Gasteiger partial charge in [0.05, 0.1) is 25.7 Å². The minimum atomic E-state index is -0.152. The van der Waals surface area contributed by atoms with Crippen LogP contribution in [0.15, 0.2) is 58.3 Å². The maximum Gasteiger partial charge on any atom is 0.256 e. The number of rotatable bonds is 7. The quantitative estimate of drug-likeness (QED) is 0.478. The first-order valence-electron chi connectivity index (χ1n) is 7.63. The molecule has 2 aromatic heterocycles. The maximum absolute atomic E-state index is 12.0. The van der Waals surface area contributed by atoms with E-state index in [2.05, 4.69) is 10.2 Å². The molecule has 1 amide bonds. The van der Waals surface area contributed by atoms with Crippen LogP contribution in [-0.2, 0) is 16.2 Å². The number of thioether (sulfide) groups is 1. The summed E-state index contributed by atoms with van der Waals surface area (Å²) in [5.74, 6) is 1.32. The van der Waals surface area contributed by atoms with Crippen molar-refractivity contribution in [3.63, 3.8) is 0 Å². The van der Waals surface area contributed by atoms with Gasteiger partial charge in [-0.25, -0.2) is 5.06 Å². The molecule has 0 radical (unpaired) electrons. The topological polar surface area (TPSA) is 73.4 Å². The molecule has 7 nitrogen and oxygen atoms in total. The lowest BCUT2D eigenvalue weighted by Gasteiger charge is -2.13. The predicted molar refractivity (Wildman–Crippen MR) is 93.8 cm³/mol. The normalized spacial score (nSPS) is 10.8. The van der Waals surface area contributed by atoms with Crippen LogP contribution in [0.1, 0.15) is 5.56 Å². The maximum atomic E-state index is 12.0. The third-order valence-electron chi connectivity index (χ3n) is 3.59. The van der Waals surface area contributed by atoms with Crippen molar-refractivity contribution >= 4 is 17.7 Å². The number of hydrogen-bond acceptors (Lipinski definition) is 6. The van der Waals surface area contributed by atoms with E-state index >= 15 is 0 Å². The van der Waals surface area contributed by atoms with Crippen LogP contribution in [0.5, 0.6) is 0 Å². The molecule has 8 heteroatoms. The third kappa shape index (κ3) is 4.09. The average Bonchev–Trinajstić information content (AvgIpc) is 3.29. The smallest absolute Gasteiger partial charge is 0.256 e. The summed E-state index contributed by atoms with van der Waals surface area (Å²) in [5, 5.41) is 10.3. The van der Waals surface area contributed by atoms with E-state index in [9.17, 15) is 4.79 Å². The van der Waals surface area contributed by atoms with Crippen molar-refractivity contribution in [2.75, 3.05) is 19.9 Å². The predicted octanol–water partition coefficient (Wildman–Crippen LogP) is 2.70. The standard InChI is InChI=1S/C17H18N4O3S/c1-20(23-2)15(22)12-25-17-19-18-16(14-9-6-10-24-14)21(17)11-13-7-4-3-5-8-13/h3-10H,11-12H2,1-2H3. The van der Waals surface area contributed by atoms with Crippen molar-refractivity contribution in [2.45, 2.75) is 11.7 Å². The molecule has 0 aliphatic heterocycles. The summed E-state index contributed by atoms with van der Waals surface area (Å²) >= 11 is 1.31. The van der Waals surface area contributed by atoms with Crippen molar-refractivity contribution in [1.82, 2.24) is 19.8 Å². The lowest BCUT2D eigenvalue weighted by atomic mass is 10.2. The van der Waals surface area contributed by atoms with Crippen LogP contribution >= 0.6 is 11.8 Å². The zero-order valence-corrected chi connectivity index (χ0v) is 14.8. The van der Waals surface area contributed by atoms with Gasteiger partial charge in [-0.1, -0.05) is 42.1 Å². The number of hydrogen-bond donors (Lipinski definition) is 0. The van der Waals surface area contributed by atoms with Gasteiger partial charge in [0.2, 0.25) is 5.82 Å². The molecule has 0 aliphatic carbocycles. The number of furan rings is 1. The Hall–Kier alpha value is -2.58. The summed E-state index contributed by atoms with van der Waals surface area (Å²) in [5.41, 5.74) is 1.11. The van der Waals surface area contributed by atoms with Crippen LogP contribution in [0.4, 0.5) is 0 Å². The Morgan fingerprint density at radius 3 is 2.72 bits per heavy atom. The monoisotopic (exact) mass is 358 g/mol. The van der Waals surface area contributed by atoms with E-state index in [1.54, 1.807) is 19.4 Å². The van der Waals surface area contributed by atoms with E-state index < -0.39 is 0 Å². The highest BCUT2D eigenvalue weighted by atomic mass is 32.2. The second-order valence-electron chi connectivity index (χ2n) is 5.22. The van der Waals surface area contributed by atoms with Crippen LogP contribution in [0.25, 0.3) is 11.6 Å². The molecular formula is C17H18N4O3S. The Balaban J connectivity index is 1.86. The number of carbonyl (C=O) groups is 1. The van der Waals surface area contributed by atoms with Gasteiger partial charge < -0.3 is 4.42 Å². The first-order valence-corrected chi connectivity index (χ1v) is 8.62. The number of carbonyl (C=O) groups excluding carboxylic acids is 1. The Bertz CT molecular complexity index is 818. The SMILES string of the molecule is CON(C)C(=O)CSc1nnc(-c2ccco2)n1Cc1ccccc1. The van der Waals surface area contributed by atoms with Gasteiger partial charge in [-0.2, -0.15) is 0 Å². The molecule has 3 aromatic rings. The van der Waals surface area contributed by atoms with Crippen LogP contribution < -0.4 is 0 Å². The molecule has 0 unspecified atom stereocenters. The number of amides is 1. The molecule has 0 fully saturated rings. The van der Waals surface area contributed by atoms with Gasteiger partial charge in [0, 0.05) is 7.05 Å². The van der Waals surface area contributed by atoms with Crippen LogP contribution in [0, 0.1) is 0 Å². The van der Waals surface area contributed by atoms with E-state index in [4.69, 9.17) is 9.25 Å². The fraction of sp³-hybridized carbons (Fsp3) is 0.235. The number of benzene rings is 1. The molecule has 0 saturated carbocycles. The summed E-state index contributed by atoms with van der Waals surface area (Å²) in [6.45, 7) is 0.584. The molecule has 3 rings (SSSR count). The van der Waals surface area contributed by atoms with Gasteiger partial charge in [-0.05, 0) is 17.7 Å². The lowest BCUT2D eigenvalue weighted by molar-refractivity contribution is -0.165. The molecular weight excluding hydrogens is 340 g/mol. The Kier molecular flexibility index (Phi) is 5.52. The fourth-order valence-corrected chi connectivity index (χ4v) is 3.05. The average molecular weight is 358 g/mol. The van der Waals surface area contributed by atoms with Crippen LogP contribution in [-0.4, -0.2) is 45.6 Å². The minimum Gasteiger partial charge on any atom is -0.461 e. The van der Waals surface area contributed by atoms with Crippen LogP contribution in [0.2, 0.25) is 0 Å². The molecule has 0 bridgehead atoms. The highest BCUT2D eigenvalue weighted by Crippen LogP contribution is 2.25. The number of nitrogens with zero attached hydrogens (tertiary/aromatic N) is 4. The fourth-order valence-electron chi connectivity index (χ4n) is 2.21. The Morgan fingerprint density at radius 2 is 2.04 bits per heavy atom. The molecule has 0 atom stereocenters. The second-order valence-corrected chi connectivity index (χ2v) is 6.16. The van der Waals surface area contributed by atoms with E-state index in [0.717, 1.165) is 5.56 Å². The molecule has 0 N–H and O–H groups in total. The van der Waals surface area contributed by atoms with E-state index in [1.165, 1.54) is 23.9 Å². The van der Waals surface area contributed by atoms with Gasteiger partial charge in [0.25, 0.3) is 5.91 Å². The highest BCUT2D eigenvalue weighted by molar-refractivity contribution is 7.99. The van der Waals surface area contributed by atoms with Gasteiger partial charge in [-0.15, -0.1) is 10.2 Å². The van der Waals surface area contributed by atoms with Crippen LogP contribution in [0.3, 0.4) is 0 Å².